The van der Waals surface area contributed by atoms with E-state index in [-0.39, 0.29) is 28.5 Å². The van der Waals surface area contributed by atoms with Gasteiger partial charge in [0.1, 0.15) is 0 Å². The number of halogens is 1. The minimum Gasteiger partial charge on any atom is -0.478 e. The Morgan fingerprint density at radius 2 is 1.92 bits per heavy atom. The van der Waals surface area contributed by atoms with Crippen molar-refractivity contribution in [1.29, 1.82) is 0 Å². The Morgan fingerprint density at radius 3 is 2.58 bits per heavy atom. The third kappa shape index (κ3) is 4.06. The van der Waals surface area contributed by atoms with Gasteiger partial charge in [0.25, 0.3) is 0 Å². The van der Waals surface area contributed by atoms with E-state index in [1.165, 1.54) is 18.2 Å². The number of ether oxygens (including phenoxy) is 1. The molecule has 0 saturated carbocycles. The molecule has 1 saturated heterocycles. The molecule has 0 spiro atoms. The molecule has 0 aliphatic carbocycles. The van der Waals surface area contributed by atoms with Gasteiger partial charge in [-0.2, -0.15) is 0 Å². The van der Waals surface area contributed by atoms with Gasteiger partial charge in [-0.25, -0.2) is 4.79 Å². The molecule has 1 heterocycles. The third-order valence-electron chi connectivity index (χ3n) is 4.53. The molecule has 0 aromatic heterocycles. The largest absolute Gasteiger partial charge is 0.478 e. The molecular weight excluding hydrogens is 354 g/mol. The van der Waals surface area contributed by atoms with E-state index < -0.39 is 5.97 Å². The first-order valence-corrected chi connectivity index (χ1v) is 8.85. The summed E-state index contributed by atoms with van der Waals surface area (Å²) in [4.78, 5) is 23.8. The average Bonchev–Trinajstić information content (AvgIpc) is 2.62. The van der Waals surface area contributed by atoms with Gasteiger partial charge in [-0.3, -0.25) is 4.79 Å². The van der Waals surface area contributed by atoms with Gasteiger partial charge in [0.15, 0.2) is 0 Å². The van der Waals surface area contributed by atoms with Crippen LogP contribution in [0.15, 0.2) is 42.5 Å². The lowest BCUT2D eigenvalue weighted by atomic mass is 9.88. The second-order valence-electron chi connectivity index (χ2n) is 6.44. The lowest BCUT2D eigenvalue weighted by molar-refractivity contribution is -0.129. The third-order valence-corrected chi connectivity index (χ3v) is 4.84. The zero-order valence-electron chi connectivity index (χ0n) is 14.4. The highest BCUT2D eigenvalue weighted by molar-refractivity contribution is 6.33. The molecule has 1 aliphatic heterocycles. The first-order chi connectivity index (χ1) is 12.5. The Morgan fingerprint density at radius 1 is 1.19 bits per heavy atom. The zero-order valence-corrected chi connectivity index (χ0v) is 15.1. The Hall–Kier alpha value is -2.37. The van der Waals surface area contributed by atoms with Crippen LogP contribution in [0.3, 0.4) is 0 Å². The fraction of sp³-hybridized carbons (Fsp3) is 0.300. The molecule has 1 fully saturated rings. The van der Waals surface area contributed by atoms with E-state index in [1.807, 2.05) is 31.2 Å². The number of carboxylic acid groups (broad SMARTS) is 1. The highest BCUT2D eigenvalue weighted by Crippen LogP contribution is 2.35. The maximum atomic E-state index is 12.8. The quantitative estimate of drug-likeness (QED) is 0.830. The molecule has 2 aromatic carbocycles. The molecule has 3 rings (SSSR count). The minimum absolute atomic E-state index is 0.00296. The van der Waals surface area contributed by atoms with E-state index >= 15 is 0 Å². The number of hydrogen-bond donors (Lipinski definition) is 2. The van der Waals surface area contributed by atoms with Crippen LogP contribution in [-0.4, -0.2) is 23.6 Å². The summed E-state index contributed by atoms with van der Waals surface area (Å²) in [7, 11) is 0. The van der Waals surface area contributed by atoms with Gasteiger partial charge in [0.2, 0.25) is 5.91 Å². The van der Waals surface area contributed by atoms with Gasteiger partial charge >= 0.3 is 5.97 Å². The second-order valence-corrected chi connectivity index (χ2v) is 6.85. The molecule has 0 bridgehead atoms. The number of hydrogen-bond acceptors (Lipinski definition) is 3. The van der Waals surface area contributed by atoms with Gasteiger partial charge < -0.3 is 15.2 Å². The van der Waals surface area contributed by atoms with Crippen LogP contribution in [0, 0.1) is 12.8 Å². The van der Waals surface area contributed by atoms with Gasteiger partial charge in [-0.15, -0.1) is 0 Å². The Kier molecular flexibility index (Phi) is 5.59. The number of nitrogens with one attached hydrogen (secondary N) is 1. The summed E-state index contributed by atoms with van der Waals surface area (Å²) < 4.78 is 5.89. The van der Waals surface area contributed by atoms with Crippen LogP contribution in [-0.2, 0) is 9.53 Å². The van der Waals surface area contributed by atoms with Gasteiger partial charge in [-0.05, 0) is 43.5 Å². The number of carbonyl (C=O) groups excluding carboxylic acids is 1. The van der Waals surface area contributed by atoms with Crippen molar-refractivity contribution in [3.05, 3.63) is 64.2 Å². The van der Waals surface area contributed by atoms with E-state index in [0.717, 1.165) is 24.0 Å². The zero-order chi connectivity index (χ0) is 18.7. The van der Waals surface area contributed by atoms with Crippen LogP contribution < -0.4 is 5.32 Å². The van der Waals surface area contributed by atoms with Crippen molar-refractivity contribution >= 4 is 29.2 Å². The van der Waals surface area contributed by atoms with Gasteiger partial charge in [0, 0.05) is 12.3 Å². The van der Waals surface area contributed by atoms with Gasteiger partial charge in [0.05, 0.1) is 22.6 Å². The molecule has 2 unspecified atom stereocenters. The molecule has 0 radical (unpaired) electrons. The highest BCUT2D eigenvalue weighted by atomic mass is 35.5. The number of aryl methyl sites for hydroxylation is 1. The fourth-order valence-electron chi connectivity index (χ4n) is 3.14. The van der Waals surface area contributed by atoms with Crippen LogP contribution >= 0.6 is 11.6 Å². The summed E-state index contributed by atoms with van der Waals surface area (Å²) in [5.41, 5.74) is 2.61. The molecule has 2 N–H and O–H groups in total. The first-order valence-electron chi connectivity index (χ1n) is 8.47. The van der Waals surface area contributed by atoms with E-state index in [0.29, 0.717) is 12.3 Å². The van der Waals surface area contributed by atoms with Crippen molar-refractivity contribution in [3.63, 3.8) is 0 Å². The molecule has 1 aliphatic rings. The monoisotopic (exact) mass is 373 g/mol. The Bertz CT molecular complexity index is 819. The minimum atomic E-state index is -1.10. The molecule has 26 heavy (non-hydrogen) atoms. The predicted octanol–water partition coefficient (Wildman–Crippen LogP) is 4.45. The summed E-state index contributed by atoms with van der Waals surface area (Å²) >= 11 is 5.98. The molecule has 5 nitrogen and oxygen atoms in total. The summed E-state index contributed by atoms with van der Waals surface area (Å²) in [5, 5.41) is 12.0. The maximum Gasteiger partial charge on any atom is 0.337 e. The second kappa shape index (κ2) is 7.89. The van der Waals surface area contributed by atoms with Crippen LogP contribution in [0.5, 0.6) is 0 Å². The smallest absolute Gasteiger partial charge is 0.337 e. The number of amides is 1. The molecule has 2 aromatic rings. The standard InChI is InChI=1S/C20H20ClNO4/c1-12-4-6-13(7-5-12)18-16(3-2-10-26-18)19(23)22-14-8-9-15(20(24)25)17(21)11-14/h4-9,11,16,18H,2-3,10H2,1H3,(H,22,23)(H,24,25). The lowest BCUT2D eigenvalue weighted by Gasteiger charge is -2.31. The molecule has 6 heteroatoms. The number of rotatable bonds is 4. The van der Waals surface area contributed by atoms with E-state index in [1.54, 1.807) is 0 Å². The number of benzene rings is 2. The fourth-order valence-corrected chi connectivity index (χ4v) is 3.40. The van der Waals surface area contributed by atoms with Crippen LogP contribution in [0.2, 0.25) is 5.02 Å². The van der Waals surface area contributed by atoms with Crippen LogP contribution in [0.4, 0.5) is 5.69 Å². The number of carboxylic acids is 1. The average molecular weight is 374 g/mol. The summed E-state index contributed by atoms with van der Waals surface area (Å²) in [6.07, 6.45) is 1.25. The van der Waals surface area contributed by atoms with E-state index in [4.69, 9.17) is 21.4 Å². The van der Waals surface area contributed by atoms with Crippen LogP contribution in [0.25, 0.3) is 0 Å². The summed E-state index contributed by atoms with van der Waals surface area (Å²) in [6.45, 7) is 2.64. The molecule has 136 valence electrons. The van der Waals surface area contributed by atoms with Crippen molar-refractivity contribution < 1.29 is 19.4 Å². The number of aromatic carboxylic acids is 1. The Labute approximate surface area is 156 Å². The summed E-state index contributed by atoms with van der Waals surface area (Å²) in [5.74, 6) is -1.58. The topological polar surface area (TPSA) is 75.6 Å². The van der Waals surface area contributed by atoms with E-state index in [2.05, 4.69) is 5.32 Å². The molecular formula is C20H20ClNO4. The van der Waals surface area contributed by atoms with Crippen LogP contribution in [0.1, 0.15) is 40.4 Å². The van der Waals surface area contributed by atoms with Gasteiger partial charge in [-0.1, -0.05) is 41.4 Å². The number of carbonyl (C=O) groups is 2. The summed E-state index contributed by atoms with van der Waals surface area (Å²) in [6, 6.07) is 12.4. The van der Waals surface area contributed by atoms with E-state index in [9.17, 15) is 9.59 Å². The normalized spacial score (nSPS) is 19.8. The SMILES string of the molecule is Cc1ccc(C2OCCCC2C(=O)Nc2ccc(C(=O)O)c(Cl)c2)cc1. The maximum absolute atomic E-state index is 12.8. The predicted molar refractivity (Wildman–Crippen MR) is 99.6 cm³/mol. The van der Waals surface area contributed by atoms with Crippen molar-refractivity contribution in [3.8, 4) is 0 Å². The van der Waals surface area contributed by atoms with Crippen molar-refractivity contribution in [1.82, 2.24) is 0 Å². The molecule has 2 atom stereocenters. The lowest BCUT2D eigenvalue weighted by Crippen LogP contribution is -2.33. The van der Waals surface area contributed by atoms with Crippen molar-refractivity contribution in [2.45, 2.75) is 25.9 Å². The first kappa shape index (κ1) is 18.4. The molecule has 1 amide bonds. The van der Waals surface area contributed by atoms with Crippen molar-refractivity contribution in [2.75, 3.05) is 11.9 Å². The number of anilines is 1. The van der Waals surface area contributed by atoms with Crippen molar-refractivity contribution in [2.24, 2.45) is 5.92 Å². The highest BCUT2D eigenvalue weighted by Gasteiger charge is 2.33. The Balaban J connectivity index is 1.77.